The lowest BCUT2D eigenvalue weighted by Gasteiger charge is -2.19. The Hall–Kier alpha value is -4.46. The maximum absolute atomic E-state index is 13.5. The maximum Gasteiger partial charge on any atom is 0.408 e. The van der Waals surface area contributed by atoms with Crippen LogP contribution in [0.5, 0.6) is 0 Å². The van der Waals surface area contributed by atoms with Gasteiger partial charge in [-0.05, 0) is 63.3 Å². The molecule has 0 unspecified atom stereocenters. The van der Waals surface area contributed by atoms with E-state index in [1.807, 2.05) is 0 Å². The van der Waals surface area contributed by atoms with Crippen LogP contribution in [-0.4, -0.2) is 69.8 Å². The number of carbonyl (C=O) groups is 3. The van der Waals surface area contributed by atoms with E-state index < -0.39 is 51.7 Å². The van der Waals surface area contributed by atoms with Crippen LogP contribution in [0, 0.1) is 10.1 Å². The molecule has 0 heterocycles. The third kappa shape index (κ3) is 13.2. The molecule has 0 fully saturated rings. The first kappa shape index (κ1) is 35.7. The highest BCUT2D eigenvalue weighted by Gasteiger charge is 2.23. The minimum Gasteiger partial charge on any atom is -0.462 e. The molecule has 44 heavy (non-hydrogen) atoms. The Morgan fingerprint density at radius 2 is 1.48 bits per heavy atom. The molecule has 0 spiro atoms. The predicted molar refractivity (Wildman–Crippen MR) is 160 cm³/mol. The monoisotopic (exact) mass is 634 g/mol. The number of esters is 2. The van der Waals surface area contributed by atoms with Crippen molar-refractivity contribution in [2.24, 2.45) is 0 Å². The zero-order chi connectivity index (χ0) is 32.8. The molecular weight excluding hydrogens is 596 g/mol. The minimum atomic E-state index is -3.50. The number of alkyl carbamates (subject to hydrolysis) is 1. The van der Waals surface area contributed by atoms with Crippen LogP contribution in [-0.2, 0) is 38.5 Å². The Balaban J connectivity index is 2.31. The van der Waals surface area contributed by atoms with Gasteiger partial charge in [-0.15, -0.1) is 10.1 Å². The Kier molecular flexibility index (Phi) is 13.8. The second kappa shape index (κ2) is 17.0. The topological polar surface area (TPSA) is 177 Å². The van der Waals surface area contributed by atoms with Crippen LogP contribution in [0.1, 0.15) is 57.6 Å². The van der Waals surface area contributed by atoms with Gasteiger partial charge in [-0.25, -0.2) is 18.0 Å². The van der Waals surface area contributed by atoms with Crippen LogP contribution in [0.3, 0.4) is 0 Å². The highest BCUT2D eigenvalue weighted by Crippen LogP contribution is 2.29. The van der Waals surface area contributed by atoms with Crippen molar-refractivity contribution in [3.05, 3.63) is 75.8 Å². The Morgan fingerprint density at radius 1 is 0.864 bits per heavy atom. The lowest BCUT2D eigenvalue weighted by atomic mass is 9.95. The molecule has 0 saturated carbocycles. The number of sulfone groups is 1. The van der Waals surface area contributed by atoms with Crippen LogP contribution < -0.4 is 5.32 Å². The summed E-state index contributed by atoms with van der Waals surface area (Å²) >= 11 is 0. The molecule has 240 valence electrons. The van der Waals surface area contributed by atoms with E-state index in [0.29, 0.717) is 36.8 Å². The van der Waals surface area contributed by atoms with Crippen LogP contribution in [0.25, 0.3) is 11.1 Å². The molecule has 0 atom stereocenters. The van der Waals surface area contributed by atoms with Gasteiger partial charge in [-0.1, -0.05) is 48.9 Å². The number of hydrogen-bond donors (Lipinski definition) is 1. The molecule has 1 amide bonds. The van der Waals surface area contributed by atoms with E-state index in [-0.39, 0.29) is 29.3 Å². The van der Waals surface area contributed by atoms with E-state index >= 15 is 0 Å². The first-order chi connectivity index (χ1) is 20.7. The number of benzene rings is 2. The first-order valence-corrected chi connectivity index (χ1v) is 15.7. The standard InChI is InChI=1S/C30H38N2O11S/c1-30(2,3)43-29(35)31-20-26(33)41-21-25(22-14-16-24(17-15-22)44(4,38)39)27(23-12-8-7-9-13-23)28(34)40-18-10-5-6-11-19-42-32(36)37/h7-9,12-17H,5-6,10-11,18-21H2,1-4H3,(H,31,35). The fraction of sp³-hybridized carbons (Fsp3) is 0.433. The third-order valence-corrected chi connectivity index (χ3v) is 6.95. The molecule has 14 heteroatoms. The highest BCUT2D eigenvalue weighted by molar-refractivity contribution is 7.90. The molecule has 13 nitrogen and oxygen atoms in total. The fourth-order valence-corrected chi connectivity index (χ4v) is 4.45. The van der Waals surface area contributed by atoms with Gasteiger partial charge in [0.25, 0.3) is 5.09 Å². The van der Waals surface area contributed by atoms with Crippen molar-refractivity contribution in [2.45, 2.75) is 57.0 Å². The summed E-state index contributed by atoms with van der Waals surface area (Å²) in [5.41, 5.74) is 0.471. The molecule has 0 aromatic heterocycles. The largest absolute Gasteiger partial charge is 0.462 e. The molecule has 2 rings (SSSR count). The summed E-state index contributed by atoms with van der Waals surface area (Å²) in [5.74, 6) is -1.50. The van der Waals surface area contributed by atoms with Crippen molar-refractivity contribution < 1.29 is 46.9 Å². The van der Waals surface area contributed by atoms with Gasteiger partial charge >= 0.3 is 18.0 Å². The van der Waals surface area contributed by atoms with Gasteiger partial charge in [0.15, 0.2) is 9.84 Å². The van der Waals surface area contributed by atoms with Crippen molar-refractivity contribution >= 4 is 39.0 Å². The number of nitrogens with zero attached hydrogens (tertiary/aromatic N) is 1. The molecule has 0 saturated heterocycles. The van der Waals surface area contributed by atoms with E-state index in [9.17, 15) is 32.9 Å². The molecule has 0 bridgehead atoms. The number of ether oxygens (including phenoxy) is 3. The van der Waals surface area contributed by atoms with Gasteiger partial charge in [0, 0.05) is 11.8 Å². The molecule has 0 aliphatic heterocycles. The SMILES string of the molecule is CC(C)(C)OC(=O)NCC(=O)OCC(=C(C(=O)OCCCCCCO[N+](=O)[O-])c1ccccc1)c1ccc(S(C)(=O)=O)cc1. The molecule has 0 aliphatic carbocycles. The van der Waals surface area contributed by atoms with Crippen molar-refractivity contribution in [2.75, 3.05) is 32.6 Å². The van der Waals surface area contributed by atoms with Crippen molar-refractivity contribution in [3.63, 3.8) is 0 Å². The maximum atomic E-state index is 13.5. The van der Waals surface area contributed by atoms with Crippen LogP contribution in [0.4, 0.5) is 4.79 Å². The van der Waals surface area contributed by atoms with Crippen LogP contribution >= 0.6 is 0 Å². The summed E-state index contributed by atoms with van der Waals surface area (Å²) in [6, 6.07) is 14.3. The Morgan fingerprint density at radius 3 is 2.05 bits per heavy atom. The van der Waals surface area contributed by atoms with Crippen molar-refractivity contribution in [1.82, 2.24) is 5.32 Å². The molecule has 0 radical (unpaired) electrons. The van der Waals surface area contributed by atoms with E-state index in [2.05, 4.69) is 10.2 Å². The Labute approximate surface area is 256 Å². The third-order valence-electron chi connectivity index (χ3n) is 5.82. The summed E-state index contributed by atoms with van der Waals surface area (Å²) in [6.45, 7) is 4.18. The summed E-state index contributed by atoms with van der Waals surface area (Å²) in [7, 11) is -3.50. The zero-order valence-electron chi connectivity index (χ0n) is 25.2. The quantitative estimate of drug-likeness (QED) is 0.0527. The second-order valence-corrected chi connectivity index (χ2v) is 12.7. The second-order valence-electron chi connectivity index (χ2n) is 10.6. The van der Waals surface area contributed by atoms with E-state index in [1.54, 1.807) is 51.1 Å². The first-order valence-electron chi connectivity index (χ1n) is 13.8. The number of rotatable bonds is 16. The molecule has 0 aliphatic rings. The van der Waals surface area contributed by atoms with Gasteiger partial charge < -0.3 is 24.4 Å². The normalized spacial score (nSPS) is 12.0. The highest BCUT2D eigenvalue weighted by atomic mass is 32.2. The summed E-state index contributed by atoms with van der Waals surface area (Å²) in [5, 5.41) is 11.7. The van der Waals surface area contributed by atoms with Crippen LogP contribution in [0.2, 0.25) is 0 Å². The molecule has 2 aromatic rings. The van der Waals surface area contributed by atoms with Crippen molar-refractivity contribution in [1.29, 1.82) is 0 Å². The number of unbranched alkanes of at least 4 members (excludes halogenated alkanes) is 3. The molecule has 1 N–H and O–H groups in total. The lowest BCUT2D eigenvalue weighted by molar-refractivity contribution is -0.757. The van der Waals surface area contributed by atoms with Crippen LogP contribution in [0.15, 0.2) is 59.5 Å². The average molecular weight is 635 g/mol. The molecule has 2 aromatic carbocycles. The van der Waals surface area contributed by atoms with Gasteiger partial charge in [0.1, 0.15) is 18.8 Å². The lowest BCUT2D eigenvalue weighted by Crippen LogP contribution is -2.36. The summed E-state index contributed by atoms with van der Waals surface area (Å²) < 4.78 is 40.2. The number of nitrogens with one attached hydrogen (secondary N) is 1. The van der Waals surface area contributed by atoms with E-state index in [4.69, 9.17) is 14.2 Å². The van der Waals surface area contributed by atoms with Gasteiger partial charge in [0.05, 0.1) is 23.7 Å². The van der Waals surface area contributed by atoms with Gasteiger partial charge in [0.2, 0.25) is 0 Å². The smallest absolute Gasteiger partial charge is 0.408 e. The number of carbonyl (C=O) groups excluding carboxylic acids is 3. The summed E-state index contributed by atoms with van der Waals surface area (Å²) in [6.07, 6.45) is 2.52. The van der Waals surface area contributed by atoms with Gasteiger partial charge in [-0.2, -0.15) is 0 Å². The number of hydrogen-bond acceptors (Lipinski definition) is 11. The average Bonchev–Trinajstić information content (AvgIpc) is 2.94. The van der Waals surface area contributed by atoms with E-state index in [0.717, 1.165) is 6.26 Å². The van der Waals surface area contributed by atoms with Gasteiger partial charge in [-0.3, -0.25) is 4.79 Å². The fourth-order valence-electron chi connectivity index (χ4n) is 3.82. The van der Waals surface area contributed by atoms with Crippen molar-refractivity contribution in [3.8, 4) is 0 Å². The van der Waals surface area contributed by atoms with E-state index in [1.165, 1.54) is 24.3 Å². The number of amides is 1. The zero-order valence-corrected chi connectivity index (χ0v) is 26.0. The Bertz CT molecular complexity index is 1420. The predicted octanol–water partition coefficient (Wildman–Crippen LogP) is 4.38. The minimum absolute atomic E-state index is 0.0127. The summed E-state index contributed by atoms with van der Waals surface area (Å²) in [4.78, 5) is 52.6. The molecular formula is C30H38N2O11S.